The van der Waals surface area contributed by atoms with Crippen LogP contribution < -0.4 is 10.2 Å². The van der Waals surface area contributed by atoms with E-state index >= 15 is 0 Å². The third-order valence-corrected chi connectivity index (χ3v) is 4.77. The fourth-order valence-corrected chi connectivity index (χ4v) is 3.45. The highest BCUT2D eigenvalue weighted by atomic mass is 79.9. The third-order valence-electron chi connectivity index (χ3n) is 4.11. The molecule has 0 radical (unpaired) electrons. The Bertz CT molecular complexity index is 757. The summed E-state index contributed by atoms with van der Waals surface area (Å²) in [6.45, 7) is 5.81. The van der Waals surface area contributed by atoms with Crippen molar-refractivity contribution in [1.82, 2.24) is 9.97 Å². The number of anilines is 2. The summed E-state index contributed by atoms with van der Waals surface area (Å²) in [7, 11) is 0. The van der Waals surface area contributed by atoms with Gasteiger partial charge in [-0.1, -0.05) is 6.07 Å². The van der Waals surface area contributed by atoms with Crippen LogP contribution in [-0.4, -0.2) is 29.0 Å². The molecule has 1 amide bonds. The van der Waals surface area contributed by atoms with Gasteiger partial charge in [-0.25, -0.2) is 9.97 Å². The molecule has 1 fully saturated rings. The fourth-order valence-electron chi connectivity index (χ4n) is 2.86. The second-order valence-corrected chi connectivity index (χ2v) is 7.00. The van der Waals surface area contributed by atoms with Crippen molar-refractivity contribution in [2.24, 2.45) is 0 Å². The predicted octanol–water partition coefficient (Wildman–Crippen LogP) is 4.10. The van der Waals surface area contributed by atoms with Crippen LogP contribution >= 0.6 is 15.9 Å². The molecule has 1 N–H and O–H groups in total. The van der Waals surface area contributed by atoms with E-state index in [4.69, 9.17) is 0 Å². The molecule has 1 aromatic carbocycles. The van der Waals surface area contributed by atoms with Gasteiger partial charge in [0.15, 0.2) is 0 Å². The van der Waals surface area contributed by atoms with E-state index in [0.29, 0.717) is 11.5 Å². The molecule has 6 heteroatoms. The highest BCUT2D eigenvalue weighted by molar-refractivity contribution is 9.10. The number of nitrogens with one attached hydrogen (secondary N) is 1. The molecule has 2 heterocycles. The molecule has 0 aliphatic carbocycles. The highest BCUT2D eigenvalue weighted by Gasteiger charge is 2.17. The molecule has 0 bridgehead atoms. The quantitative estimate of drug-likeness (QED) is 0.859. The third kappa shape index (κ3) is 3.93. The van der Waals surface area contributed by atoms with E-state index in [-0.39, 0.29) is 5.91 Å². The first-order valence-electron chi connectivity index (χ1n) is 8.21. The lowest BCUT2D eigenvalue weighted by molar-refractivity contribution is 0.102. The molecule has 1 aliphatic heterocycles. The zero-order valence-electron chi connectivity index (χ0n) is 14.0. The average molecular weight is 389 g/mol. The van der Waals surface area contributed by atoms with Crippen molar-refractivity contribution in [3.63, 3.8) is 0 Å². The predicted molar refractivity (Wildman–Crippen MR) is 99.7 cm³/mol. The fraction of sp³-hybridized carbons (Fsp3) is 0.389. The second-order valence-electron chi connectivity index (χ2n) is 6.14. The Morgan fingerprint density at radius 3 is 2.58 bits per heavy atom. The van der Waals surface area contributed by atoms with Crippen LogP contribution in [0.25, 0.3) is 0 Å². The van der Waals surface area contributed by atoms with Crippen molar-refractivity contribution in [2.45, 2.75) is 33.1 Å². The molecule has 0 saturated carbocycles. The largest absolute Gasteiger partial charge is 0.356 e. The van der Waals surface area contributed by atoms with Gasteiger partial charge in [-0.2, -0.15) is 0 Å². The highest BCUT2D eigenvalue weighted by Crippen LogP contribution is 2.24. The molecule has 0 atom stereocenters. The van der Waals surface area contributed by atoms with E-state index < -0.39 is 0 Å². The van der Waals surface area contributed by atoms with E-state index in [1.807, 2.05) is 32.0 Å². The number of rotatable bonds is 3. The van der Waals surface area contributed by atoms with Crippen LogP contribution in [0.15, 0.2) is 28.7 Å². The van der Waals surface area contributed by atoms with Gasteiger partial charge in [-0.15, -0.1) is 0 Å². The number of aryl methyl sites for hydroxylation is 2. The van der Waals surface area contributed by atoms with Crippen molar-refractivity contribution in [3.8, 4) is 0 Å². The molecule has 3 rings (SSSR count). The number of hydrogen-bond donors (Lipinski definition) is 1. The Balaban J connectivity index is 1.82. The maximum absolute atomic E-state index is 12.6. The summed E-state index contributed by atoms with van der Waals surface area (Å²) in [4.78, 5) is 23.6. The molecule has 126 valence electrons. The summed E-state index contributed by atoms with van der Waals surface area (Å²) in [6.07, 6.45) is 3.59. The van der Waals surface area contributed by atoms with Crippen LogP contribution in [-0.2, 0) is 0 Å². The summed E-state index contributed by atoms with van der Waals surface area (Å²) in [6, 6.07) is 7.61. The summed E-state index contributed by atoms with van der Waals surface area (Å²) < 4.78 is 0.859. The molecular weight excluding hydrogens is 368 g/mol. The number of carbonyl (C=O) groups is 1. The summed E-state index contributed by atoms with van der Waals surface area (Å²) in [5, 5.41) is 2.92. The minimum absolute atomic E-state index is 0.219. The van der Waals surface area contributed by atoms with E-state index in [1.165, 1.54) is 19.3 Å². The number of halogens is 1. The maximum atomic E-state index is 12.6. The van der Waals surface area contributed by atoms with Crippen LogP contribution in [0, 0.1) is 13.8 Å². The smallest absolute Gasteiger partial charge is 0.274 e. The first-order valence-corrected chi connectivity index (χ1v) is 9.00. The van der Waals surface area contributed by atoms with Gasteiger partial charge >= 0.3 is 0 Å². The monoisotopic (exact) mass is 388 g/mol. The van der Waals surface area contributed by atoms with Gasteiger partial charge in [0.05, 0.1) is 5.69 Å². The Labute approximate surface area is 150 Å². The van der Waals surface area contributed by atoms with Crippen LogP contribution in [0.2, 0.25) is 0 Å². The van der Waals surface area contributed by atoms with E-state index in [2.05, 4.69) is 36.1 Å². The first-order chi connectivity index (χ1) is 11.5. The van der Waals surface area contributed by atoms with E-state index in [1.54, 1.807) is 6.07 Å². The van der Waals surface area contributed by atoms with Gasteiger partial charge in [0.2, 0.25) is 0 Å². The van der Waals surface area contributed by atoms with Crippen molar-refractivity contribution in [2.75, 3.05) is 23.3 Å². The zero-order chi connectivity index (χ0) is 17.1. The Morgan fingerprint density at radius 2 is 1.88 bits per heavy atom. The maximum Gasteiger partial charge on any atom is 0.274 e. The number of carbonyl (C=O) groups excluding carboxylic acids is 1. The molecular formula is C18H21BrN4O. The molecule has 2 aromatic rings. The SMILES string of the molecule is Cc1ccc(NC(=O)c2cc(N3CCCCC3)nc(C)n2)c(Br)c1. The van der Waals surface area contributed by atoms with Crippen molar-refractivity contribution in [1.29, 1.82) is 0 Å². The van der Waals surface area contributed by atoms with Gasteiger partial charge in [0, 0.05) is 23.6 Å². The zero-order valence-corrected chi connectivity index (χ0v) is 15.6. The average Bonchev–Trinajstić information content (AvgIpc) is 2.57. The lowest BCUT2D eigenvalue weighted by atomic mass is 10.1. The minimum atomic E-state index is -0.219. The normalized spacial score (nSPS) is 14.5. The van der Waals surface area contributed by atoms with Gasteiger partial charge < -0.3 is 10.2 Å². The topological polar surface area (TPSA) is 58.1 Å². The molecule has 1 saturated heterocycles. The Morgan fingerprint density at radius 1 is 1.12 bits per heavy atom. The van der Waals surface area contributed by atoms with Crippen molar-refractivity contribution in [3.05, 3.63) is 45.8 Å². The van der Waals surface area contributed by atoms with Gasteiger partial charge in [0.1, 0.15) is 17.3 Å². The van der Waals surface area contributed by atoms with E-state index in [0.717, 1.165) is 34.6 Å². The number of amides is 1. The number of aromatic nitrogens is 2. The minimum Gasteiger partial charge on any atom is -0.356 e. The van der Waals surface area contributed by atoms with Gasteiger partial charge in [-0.05, 0) is 66.7 Å². The molecule has 0 spiro atoms. The number of hydrogen-bond acceptors (Lipinski definition) is 4. The van der Waals surface area contributed by atoms with Crippen LogP contribution in [0.3, 0.4) is 0 Å². The molecule has 1 aliphatic rings. The molecule has 1 aromatic heterocycles. The summed E-state index contributed by atoms with van der Waals surface area (Å²) >= 11 is 3.48. The summed E-state index contributed by atoms with van der Waals surface area (Å²) in [5.74, 6) is 1.24. The standard InChI is InChI=1S/C18H21BrN4O/c1-12-6-7-15(14(19)10-12)22-18(24)16-11-17(21-13(2)20-16)23-8-4-3-5-9-23/h6-7,10-11H,3-5,8-9H2,1-2H3,(H,22,24). The van der Waals surface area contributed by atoms with Crippen molar-refractivity contribution < 1.29 is 4.79 Å². The van der Waals surface area contributed by atoms with Gasteiger partial charge in [0.25, 0.3) is 5.91 Å². The summed E-state index contributed by atoms with van der Waals surface area (Å²) in [5.41, 5.74) is 2.27. The Hall–Kier alpha value is -1.95. The molecule has 0 unspecified atom stereocenters. The molecule has 5 nitrogen and oxygen atoms in total. The number of benzene rings is 1. The van der Waals surface area contributed by atoms with Crippen LogP contribution in [0.4, 0.5) is 11.5 Å². The first kappa shape index (κ1) is 16.9. The van der Waals surface area contributed by atoms with Crippen molar-refractivity contribution >= 4 is 33.3 Å². The van der Waals surface area contributed by atoms with E-state index in [9.17, 15) is 4.79 Å². The lowest BCUT2D eigenvalue weighted by Crippen LogP contribution is -2.31. The second kappa shape index (κ2) is 7.30. The Kier molecular flexibility index (Phi) is 5.14. The van der Waals surface area contributed by atoms with Gasteiger partial charge in [-0.3, -0.25) is 4.79 Å². The molecule has 24 heavy (non-hydrogen) atoms. The van der Waals surface area contributed by atoms with Crippen LogP contribution in [0.5, 0.6) is 0 Å². The van der Waals surface area contributed by atoms with Crippen LogP contribution in [0.1, 0.15) is 41.1 Å². The number of nitrogens with zero attached hydrogens (tertiary/aromatic N) is 3. The lowest BCUT2D eigenvalue weighted by Gasteiger charge is -2.28. The number of piperidine rings is 1.